The SMILES string of the molecule is CCCN(CCC)C(=O)c1ccc(NC(=O)CNCc2ccccc2)cc1. The number of carbonyl (C=O) groups is 2. The molecule has 0 unspecified atom stereocenters. The maximum absolute atomic E-state index is 12.6. The predicted octanol–water partition coefficient (Wildman–Crippen LogP) is 3.68. The van der Waals surface area contributed by atoms with Gasteiger partial charge in [0.1, 0.15) is 0 Å². The zero-order chi connectivity index (χ0) is 19.5. The maximum Gasteiger partial charge on any atom is 0.253 e. The van der Waals surface area contributed by atoms with Gasteiger partial charge in [0.15, 0.2) is 0 Å². The number of nitrogens with one attached hydrogen (secondary N) is 2. The van der Waals surface area contributed by atoms with Gasteiger partial charge in [0.25, 0.3) is 5.91 Å². The summed E-state index contributed by atoms with van der Waals surface area (Å²) in [5.74, 6) is -0.0651. The van der Waals surface area contributed by atoms with Crippen LogP contribution in [0.5, 0.6) is 0 Å². The van der Waals surface area contributed by atoms with Crippen LogP contribution in [-0.2, 0) is 11.3 Å². The van der Waals surface area contributed by atoms with Crippen molar-refractivity contribution in [2.45, 2.75) is 33.2 Å². The molecule has 0 atom stereocenters. The number of nitrogens with zero attached hydrogens (tertiary/aromatic N) is 1. The highest BCUT2D eigenvalue weighted by atomic mass is 16.2. The van der Waals surface area contributed by atoms with E-state index in [2.05, 4.69) is 24.5 Å². The summed E-state index contributed by atoms with van der Waals surface area (Å²) >= 11 is 0. The number of anilines is 1. The maximum atomic E-state index is 12.6. The molecule has 0 aliphatic heterocycles. The van der Waals surface area contributed by atoms with Gasteiger partial charge in [-0.2, -0.15) is 0 Å². The van der Waals surface area contributed by atoms with E-state index < -0.39 is 0 Å². The summed E-state index contributed by atoms with van der Waals surface area (Å²) in [6, 6.07) is 17.0. The van der Waals surface area contributed by atoms with E-state index >= 15 is 0 Å². The van der Waals surface area contributed by atoms with Crippen molar-refractivity contribution in [3.8, 4) is 0 Å². The number of rotatable bonds is 10. The standard InChI is InChI=1S/C22H29N3O2/c1-3-14-25(15-4-2)22(27)19-10-12-20(13-11-19)24-21(26)17-23-16-18-8-6-5-7-9-18/h5-13,23H,3-4,14-17H2,1-2H3,(H,24,26). The van der Waals surface area contributed by atoms with Crippen LogP contribution in [0, 0.1) is 0 Å². The lowest BCUT2D eigenvalue weighted by molar-refractivity contribution is -0.115. The summed E-state index contributed by atoms with van der Waals surface area (Å²) in [5, 5.41) is 5.97. The third-order valence-corrected chi connectivity index (χ3v) is 4.15. The Bertz CT molecular complexity index is 708. The lowest BCUT2D eigenvalue weighted by Gasteiger charge is -2.21. The van der Waals surface area contributed by atoms with Crippen LogP contribution >= 0.6 is 0 Å². The molecule has 0 aliphatic rings. The summed E-state index contributed by atoms with van der Waals surface area (Å²) in [6.07, 6.45) is 1.88. The molecule has 5 nitrogen and oxygen atoms in total. The smallest absolute Gasteiger partial charge is 0.253 e. The van der Waals surface area contributed by atoms with Gasteiger partial charge >= 0.3 is 0 Å². The minimum Gasteiger partial charge on any atom is -0.339 e. The van der Waals surface area contributed by atoms with E-state index in [0.717, 1.165) is 31.5 Å². The van der Waals surface area contributed by atoms with Crippen molar-refractivity contribution in [3.63, 3.8) is 0 Å². The Balaban J connectivity index is 1.83. The zero-order valence-corrected chi connectivity index (χ0v) is 16.2. The van der Waals surface area contributed by atoms with E-state index in [-0.39, 0.29) is 18.4 Å². The zero-order valence-electron chi connectivity index (χ0n) is 16.2. The van der Waals surface area contributed by atoms with Crippen LogP contribution in [-0.4, -0.2) is 36.3 Å². The van der Waals surface area contributed by atoms with Gasteiger partial charge in [0.05, 0.1) is 6.54 Å². The molecule has 5 heteroatoms. The van der Waals surface area contributed by atoms with Gasteiger partial charge in [0.2, 0.25) is 5.91 Å². The molecule has 0 saturated carbocycles. The molecule has 0 saturated heterocycles. The average molecular weight is 367 g/mol. The van der Waals surface area contributed by atoms with Crippen molar-refractivity contribution in [1.82, 2.24) is 10.2 Å². The minimum atomic E-state index is -0.108. The Kier molecular flexibility index (Phi) is 8.52. The van der Waals surface area contributed by atoms with Gasteiger partial charge in [-0.3, -0.25) is 9.59 Å². The Hall–Kier alpha value is -2.66. The number of amides is 2. The second-order valence-corrected chi connectivity index (χ2v) is 6.51. The third-order valence-electron chi connectivity index (χ3n) is 4.15. The molecule has 0 aliphatic carbocycles. The van der Waals surface area contributed by atoms with Gasteiger partial charge < -0.3 is 15.5 Å². The third kappa shape index (κ3) is 6.87. The summed E-state index contributed by atoms with van der Waals surface area (Å²) in [5.41, 5.74) is 2.48. The lowest BCUT2D eigenvalue weighted by atomic mass is 10.1. The molecular weight excluding hydrogens is 338 g/mol. The van der Waals surface area contributed by atoms with Crippen molar-refractivity contribution >= 4 is 17.5 Å². The Morgan fingerprint density at radius 3 is 2.11 bits per heavy atom. The van der Waals surface area contributed by atoms with Crippen LogP contribution in [0.25, 0.3) is 0 Å². The first-order valence-corrected chi connectivity index (χ1v) is 9.57. The van der Waals surface area contributed by atoms with E-state index in [1.807, 2.05) is 35.2 Å². The summed E-state index contributed by atoms with van der Waals surface area (Å²) in [4.78, 5) is 26.5. The second kappa shape index (κ2) is 11.1. The van der Waals surface area contributed by atoms with Crippen LogP contribution in [0.2, 0.25) is 0 Å². The summed E-state index contributed by atoms with van der Waals surface area (Å²) in [7, 11) is 0. The Labute approximate surface area is 161 Å². The fourth-order valence-corrected chi connectivity index (χ4v) is 2.85. The largest absolute Gasteiger partial charge is 0.339 e. The van der Waals surface area contributed by atoms with Crippen LogP contribution in [0.1, 0.15) is 42.6 Å². The molecule has 0 radical (unpaired) electrons. The predicted molar refractivity (Wildman–Crippen MR) is 110 cm³/mol. The molecule has 144 valence electrons. The van der Waals surface area contributed by atoms with Gasteiger partial charge in [0, 0.05) is 30.9 Å². The molecule has 0 bridgehead atoms. The fraction of sp³-hybridized carbons (Fsp3) is 0.364. The number of carbonyl (C=O) groups excluding carboxylic acids is 2. The normalized spacial score (nSPS) is 10.4. The summed E-state index contributed by atoms with van der Waals surface area (Å²) in [6.45, 7) is 6.54. The van der Waals surface area contributed by atoms with Crippen molar-refractivity contribution in [1.29, 1.82) is 0 Å². The topological polar surface area (TPSA) is 61.4 Å². The highest BCUT2D eigenvalue weighted by Crippen LogP contribution is 2.12. The molecule has 0 aromatic heterocycles. The number of hydrogen-bond acceptors (Lipinski definition) is 3. The highest BCUT2D eigenvalue weighted by molar-refractivity contribution is 5.96. The fourth-order valence-electron chi connectivity index (χ4n) is 2.85. The quantitative estimate of drug-likeness (QED) is 0.673. The van der Waals surface area contributed by atoms with Crippen molar-refractivity contribution in [2.75, 3.05) is 25.0 Å². The summed E-state index contributed by atoms with van der Waals surface area (Å²) < 4.78 is 0. The van der Waals surface area contributed by atoms with Crippen LogP contribution in [0.3, 0.4) is 0 Å². The van der Waals surface area contributed by atoms with Crippen molar-refractivity contribution < 1.29 is 9.59 Å². The molecule has 0 fully saturated rings. The van der Waals surface area contributed by atoms with Crippen molar-refractivity contribution in [2.24, 2.45) is 0 Å². The molecule has 2 rings (SSSR count). The Morgan fingerprint density at radius 1 is 0.889 bits per heavy atom. The van der Waals surface area contributed by atoms with Crippen LogP contribution < -0.4 is 10.6 Å². The van der Waals surface area contributed by atoms with E-state index in [9.17, 15) is 9.59 Å². The lowest BCUT2D eigenvalue weighted by Crippen LogP contribution is -2.32. The van der Waals surface area contributed by atoms with Gasteiger partial charge in [-0.1, -0.05) is 44.2 Å². The van der Waals surface area contributed by atoms with E-state index in [1.54, 1.807) is 24.3 Å². The number of hydrogen-bond donors (Lipinski definition) is 2. The average Bonchev–Trinajstić information content (AvgIpc) is 2.69. The van der Waals surface area contributed by atoms with Crippen molar-refractivity contribution in [3.05, 3.63) is 65.7 Å². The van der Waals surface area contributed by atoms with E-state index in [1.165, 1.54) is 0 Å². The van der Waals surface area contributed by atoms with Gasteiger partial charge in [-0.25, -0.2) is 0 Å². The minimum absolute atomic E-state index is 0.0427. The first-order chi connectivity index (χ1) is 13.1. The monoisotopic (exact) mass is 367 g/mol. The second-order valence-electron chi connectivity index (χ2n) is 6.51. The number of benzene rings is 2. The highest BCUT2D eigenvalue weighted by Gasteiger charge is 2.14. The molecule has 2 aromatic carbocycles. The molecular formula is C22H29N3O2. The first kappa shape index (κ1) is 20.6. The van der Waals surface area contributed by atoms with Gasteiger partial charge in [-0.05, 0) is 42.7 Å². The molecule has 27 heavy (non-hydrogen) atoms. The van der Waals surface area contributed by atoms with E-state index in [0.29, 0.717) is 17.8 Å². The Morgan fingerprint density at radius 2 is 1.52 bits per heavy atom. The molecule has 2 aromatic rings. The first-order valence-electron chi connectivity index (χ1n) is 9.57. The molecule has 2 N–H and O–H groups in total. The molecule has 0 heterocycles. The van der Waals surface area contributed by atoms with Crippen LogP contribution in [0.4, 0.5) is 5.69 Å². The van der Waals surface area contributed by atoms with Gasteiger partial charge in [-0.15, -0.1) is 0 Å². The van der Waals surface area contributed by atoms with E-state index in [4.69, 9.17) is 0 Å². The van der Waals surface area contributed by atoms with Crippen LogP contribution in [0.15, 0.2) is 54.6 Å². The molecule has 2 amide bonds. The molecule has 0 spiro atoms.